The molecule has 0 bridgehead atoms. The van der Waals surface area contributed by atoms with E-state index in [1.807, 2.05) is 30.0 Å². The first-order valence-corrected chi connectivity index (χ1v) is 9.88. The molecule has 7 nitrogen and oxygen atoms in total. The molecule has 1 fully saturated rings. The number of nitrogens with one attached hydrogen (secondary N) is 2. The number of hydrogen-bond donors (Lipinski definition) is 2. The summed E-state index contributed by atoms with van der Waals surface area (Å²) < 4.78 is 5.18. The fraction of sp³-hybridized carbons (Fsp3) is 0.476. The second-order valence-corrected chi connectivity index (χ2v) is 7.01. The van der Waals surface area contributed by atoms with Crippen LogP contribution in [0.15, 0.2) is 30.3 Å². The van der Waals surface area contributed by atoms with E-state index in [0.717, 1.165) is 62.7 Å². The molecule has 0 radical (unpaired) electrons. The van der Waals surface area contributed by atoms with Gasteiger partial charge in [-0.2, -0.15) is 4.98 Å². The average Bonchev–Trinajstić information content (AvgIpc) is 3.10. The first kappa shape index (κ1) is 19.9. The summed E-state index contributed by atoms with van der Waals surface area (Å²) in [4.78, 5) is 22.6. The number of nitrogens with zero attached hydrogens (tertiary/aromatic N) is 3. The van der Waals surface area contributed by atoms with Gasteiger partial charge in [0.05, 0.1) is 7.11 Å². The molecule has 0 saturated carbocycles. The topological polar surface area (TPSA) is 79.4 Å². The maximum absolute atomic E-state index is 11.6. The van der Waals surface area contributed by atoms with Gasteiger partial charge in [-0.1, -0.05) is 12.1 Å². The molecule has 1 aliphatic rings. The minimum atomic E-state index is 0.273. The number of benzene rings is 1. The van der Waals surface area contributed by atoms with Gasteiger partial charge < -0.3 is 20.3 Å². The summed E-state index contributed by atoms with van der Waals surface area (Å²) in [6.07, 6.45) is 3.47. The highest BCUT2D eigenvalue weighted by atomic mass is 16.5. The van der Waals surface area contributed by atoms with Gasteiger partial charge in [-0.05, 0) is 43.9 Å². The minimum Gasteiger partial charge on any atom is -0.497 e. The first-order valence-electron chi connectivity index (χ1n) is 9.88. The summed E-state index contributed by atoms with van der Waals surface area (Å²) in [5.41, 5.74) is 2.16. The van der Waals surface area contributed by atoms with E-state index >= 15 is 0 Å². The van der Waals surface area contributed by atoms with Crippen LogP contribution in [0.5, 0.6) is 5.75 Å². The summed E-state index contributed by atoms with van der Waals surface area (Å²) in [6, 6.07) is 10.0. The van der Waals surface area contributed by atoms with Crippen molar-refractivity contribution in [2.24, 2.45) is 0 Å². The van der Waals surface area contributed by atoms with Gasteiger partial charge in [0, 0.05) is 44.4 Å². The Labute approximate surface area is 166 Å². The van der Waals surface area contributed by atoms with Crippen LogP contribution in [0.2, 0.25) is 0 Å². The number of aromatic nitrogens is 2. The van der Waals surface area contributed by atoms with Crippen molar-refractivity contribution in [3.8, 4) is 5.75 Å². The fourth-order valence-electron chi connectivity index (χ4n) is 3.28. The molecule has 3 rings (SSSR count). The van der Waals surface area contributed by atoms with Crippen LogP contribution in [-0.2, 0) is 11.2 Å². The highest BCUT2D eigenvalue weighted by Crippen LogP contribution is 2.14. The lowest BCUT2D eigenvalue weighted by atomic mass is 10.1. The molecular weight excluding hydrogens is 354 g/mol. The summed E-state index contributed by atoms with van der Waals surface area (Å²) in [5, 5.41) is 6.64. The molecular formula is C21H29N5O2. The number of aryl methyl sites for hydroxylation is 1. The lowest BCUT2D eigenvalue weighted by Gasteiger charge is -2.15. The monoisotopic (exact) mass is 383 g/mol. The molecule has 2 heterocycles. The number of anilines is 2. The zero-order valence-electron chi connectivity index (χ0n) is 16.7. The Kier molecular flexibility index (Phi) is 7.06. The van der Waals surface area contributed by atoms with Crippen LogP contribution in [-0.4, -0.2) is 54.1 Å². The van der Waals surface area contributed by atoms with Crippen LogP contribution in [0.4, 0.5) is 11.8 Å². The van der Waals surface area contributed by atoms with E-state index < -0.39 is 0 Å². The molecule has 1 aromatic carbocycles. The quantitative estimate of drug-likeness (QED) is 0.614. The fourth-order valence-corrected chi connectivity index (χ4v) is 3.28. The number of likely N-dealkylation sites (tertiary alicyclic amines) is 1. The summed E-state index contributed by atoms with van der Waals surface area (Å²) in [7, 11) is 1.67. The van der Waals surface area contributed by atoms with Gasteiger partial charge in [-0.3, -0.25) is 4.79 Å². The molecule has 7 heteroatoms. The molecule has 150 valence electrons. The second kappa shape index (κ2) is 9.92. The Morgan fingerprint density at radius 2 is 1.96 bits per heavy atom. The van der Waals surface area contributed by atoms with Crippen LogP contribution in [0.1, 0.15) is 30.5 Å². The highest BCUT2D eigenvalue weighted by Gasteiger charge is 2.18. The standard InChI is InChI=1S/C21H29N5O2/c1-16-15-19(22-12-10-17-6-8-18(28-2)9-7-17)25-21(24-16)23-11-4-14-26-13-3-5-20(26)27/h6-9,15H,3-5,10-14H2,1-2H3,(H2,22,23,24,25). The highest BCUT2D eigenvalue weighted by molar-refractivity contribution is 5.78. The first-order chi connectivity index (χ1) is 13.6. The van der Waals surface area contributed by atoms with Gasteiger partial charge >= 0.3 is 0 Å². The number of amides is 1. The van der Waals surface area contributed by atoms with Gasteiger partial charge in [0.2, 0.25) is 11.9 Å². The maximum Gasteiger partial charge on any atom is 0.224 e. The van der Waals surface area contributed by atoms with Crippen LogP contribution in [0.25, 0.3) is 0 Å². The normalized spacial score (nSPS) is 13.6. The van der Waals surface area contributed by atoms with Crippen LogP contribution >= 0.6 is 0 Å². The van der Waals surface area contributed by atoms with Crippen LogP contribution < -0.4 is 15.4 Å². The number of methoxy groups -OCH3 is 1. The maximum atomic E-state index is 11.6. The Bertz CT molecular complexity index is 779. The van der Waals surface area contributed by atoms with Crippen molar-refractivity contribution in [1.82, 2.24) is 14.9 Å². The van der Waals surface area contributed by atoms with E-state index in [2.05, 4.69) is 32.7 Å². The van der Waals surface area contributed by atoms with Crippen molar-refractivity contribution in [2.45, 2.75) is 32.6 Å². The second-order valence-electron chi connectivity index (χ2n) is 7.01. The molecule has 1 aliphatic heterocycles. The van der Waals surface area contributed by atoms with E-state index in [9.17, 15) is 4.79 Å². The van der Waals surface area contributed by atoms with Crippen molar-refractivity contribution < 1.29 is 9.53 Å². The van der Waals surface area contributed by atoms with Crippen molar-refractivity contribution >= 4 is 17.7 Å². The zero-order valence-corrected chi connectivity index (χ0v) is 16.7. The van der Waals surface area contributed by atoms with Crippen molar-refractivity contribution in [3.05, 3.63) is 41.6 Å². The molecule has 1 amide bonds. The molecule has 1 saturated heterocycles. The third-order valence-corrected chi connectivity index (χ3v) is 4.79. The lowest BCUT2D eigenvalue weighted by molar-refractivity contribution is -0.127. The molecule has 0 spiro atoms. The van der Waals surface area contributed by atoms with Crippen LogP contribution in [0.3, 0.4) is 0 Å². The number of carbonyl (C=O) groups is 1. The van der Waals surface area contributed by atoms with Gasteiger partial charge in [0.1, 0.15) is 11.6 Å². The third-order valence-electron chi connectivity index (χ3n) is 4.79. The summed E-state index contributed by atoms with van der Waals surface area (Å²) >= 11 is 0. The van der Waals surface area contributed by atoms with Gasteiger partial charge in [-0.25, -0.2) is 4.98 Å². The smallest absolute Gasteiger partial charge is 0.224 e. The Morgan fingerprint density at radius 1 is 1.14 bits per heavy atom. The molecule has 28 heavy (non-hydrogen) atoms. The van der Waals surface area contributed by atoms with Crippen molar-refractivity contribution in [2.75, 3.05) is 43.9 Å². The SMILES string of the molecule is COc1ccc(CCNc2cc(C)nc(NCCCN3CCCC3=O)n2)cc1. The van der Waals surface area contributed by atoms with Gasteiger partial charge in [0.25, 0.3) is 0 Å². The van der Waals surface area contributed by atoms with Crippen molar-refractivity contribution in [1.29, 1.82) is 0 Å². The molecule has 2 aromatic rings. The van der Waals surface area contributed by atoms with Gasteiger partial charge in [0.15, 0.2) is 0 Å². The number of hydrogen-bond acceptors (Lipinski definition) is 6. The van der Waals surface area contributed by atoms with E-state index in [-0.39, 0.29) is 5.91 Å². The molecule has 0 unspecified atom stereocenters. The summed E-state index contributed by atoms with van der Waals surface area (Å²) in [5.74, 6) is 2.58. The Hall–Kier alpha value is -2.83. The molecule has 2 N–H and O–H groups in total. The van der Waals surface area contributed by atoms with Gasteiger partial charge in [-0.15, -0.1) is 0 Å². The zero-order chi connectivity index (χ0) is 19.8. The number of ether oxygens (including phenoxy) is 1. The predicted octanol–water partition coefficient (Wildman–Crippen LogP) is 2.87. The average molecular weight is 383 g/mol. The summed E-state index contributed by atoms with van der Waals surface area (Å²) in [6.45, 7) is 5.19. The van der Waals surface area contributed by atoms with E-state index in [1.165, 1.54) is 5.56 Å². The Morgan fingerprint density at radius 3 is 2.68 bits per heavy atom. The third kappa shape index (κ3) is 5.84. The largest absolute Gasteiger partial charge is 0.497 e. The number of rotatable bonds is 10. The lowest BCUT2D eigenvalue weighted by Crippen LogP contribution is -2.27. The number of carbonyl (C=O) groups excluding carboxylic acids is 1. The van der Waals surface area contributed by atoms with Crippen LogP contribution in [0, 0.1) is 6.92 Å². The Balaban J connectivity index is 1.43. The molecule has 0 atom stereocenters. The molecule has 1 aromatic heterocycles. The van der Waals surface area contributed by atoms with E-state index in [4.69, 9.17) is 4.74 Å². The van der Waals surface area contributed by atoms with E-state index in [0.29, 0.717) is 12.4 Å². The molecule has 0 aliphatic carbocycles. The predicted molar refractivity (Wildman–Crippen MR) is 111 cm³/mol. The minimum absolute atomic E-state index is 0.273. The van der Waals surface area contributed by atoms with E-state index in [1.54, 1.807) is 7.11 Å². The van der Waals surface area contributed by atoms with Crippen molar-refractivity contribution in [3.63, 3.8) is 0 Å².